The van der Waals surface area contributed by atoms with Crippen molar-refractivity contribution in [2.24, 2.45) is 0 Å². The van der Waals surface area contributed by atoms with E-state index in [1.165, 1.54) is 81.3 Å². The van der Waals surface area contributed by atoms with Crippen LogP contribution in [0.15, 0.2) is 140 Å². The maximum Gasteiger partial charge on any atom is 0.0715 e. The van der Waals surface area contributed by atoms with E-state index in [2.05, 4.69) is 178 Å². The predicted octanol–water partition coefficient (Wildman–Crippen LogP) is 13.2. The van der Waals surface area contributed by atoms with Crippen molar-refractivity contribution in [1.82, 2.24) is 0 Å². The second-order valence-electron chi connectivity index (χ2n) is 13.0. The van der Waals surface area contributed by atoms with Crippen molar-refractivity contribution in [1.29, 1.82) is 0 Å². The Balaban J connectivity index is 1.63. The third kappa shape index (κ3) is 7.72. The molecule has 0 fully saturated rings. The highest BCUT2D eigenvalue weighted by atomic mass is 15.5. The fourth-order valence-corrected chi connectivity index (χ4v) is 6.47. The van der Waals surface area contributed by atoms with Crippen LogP contribution in [-0.4, -0.2) is 0 Å². The van der Waals surface area contributed by atoms with Crippen LogP contribution in [0.4, 0.5) is 17.1 Å². The SMILES string of the molecule is CCCCc1ccc(-c2c(-c3ccccc3)ccc(N(Nc3cccc(C)c3)c3ccc(C)cc3)c2-c2ccc(CCCC)cc2)cc1. The zero-order chi connectivity index (χ0) is 33.3. The van der Waals surface area contributed by atoms with Crippen LogP contribution in [0, 0.1) is 13.8 Å². The van der Waals surface area contributed by atoms with Crippen molar-refractivity contribution in [3.63, 3.8) is 0 Å². The number of hydrazine groups is 1. The molecule has 6 rings (SSSR count). The van der Waals surface area contributed by atoms with Gasteiger partial charge in [0.1, 0.15) is 0 Å². The Bertz CT molecular complexity index is 1900. The van der Waals surface area contributed by atoms with E-state index >= 15 is 0 Å². The average molecular weight is 629 g/mol. The van der Waals surface area contributed by atoms with Gasteiger partial charge in [0.25, 0.3) is 0 Å². The Hall–Kier alpha value is -5.08. The molecule has 0 aromatic heterocycles. The number of rotatable bonds is 13. The van der Waals surface area contributed by atoms with Gasteiger partial charge >= 0.3 is 0 Å². The lowest BCUT2D eigenvalue weighted by atomic mass is 9.85. The smallest absolute Gasteiger partial charge is 0.0715 e. The number of hydrogen-bond acceptors (Lipinski definition) is 2. The number of aryl methyl sites for hydroxylation is 4. The van der Waals surface area contributed by atoms with Gasteiger partial charge in [0, 0.05) is 5.56 Å². The fraction of sp³-hybridized carbons (Fsp3) is 0.217. The summed E-state index contributed by atoms with van der Waals surface area (Å²) < 4.78 is 0. The van der Waals surface area contributed by atoms with Crippen LogP contribution >= 0.6 is 0 Å². The summed E-state index contributed by atoms with van der Waals surface area (Å²) in [7, 11) is 0. The van der Waals surface area contributed by atoms with E-state index in [4.69, 9.17) is 0 Å². The number of unbranched alkanes of at least 4 members (excludes halogenated alkanes) is 2. The Morgan fingerprint density at radius 2 is 1.10 bits per heavy atom. The highest BCUT2D eigenvalue weighted by Gasteiger charge is 2.23. The second-order valence-corrected chi connectivity index (χ2v) is 13.0. The van der Waals surface area contributed by atoms with Gasteiger partial charge in [-0.25, -0.2) is 0 Å². The van der Waals surface area contributed by atoms with Crippen molar-refractivity contribution in [3.05, 3.63) is 162 Å². The van der Waals surface area contributed by atoms with E-state index < -0.39 is 0 Å². The highest BCUT2D eigenvalue weighted by Crippen LogP contribution is 2.47. The van der Waals surface area contributed by atoms with Gasteiger partial charge in [0.15, 0.2) is 0 Å². The van der Waals surface area contributed by atoms with E-state index in [0.717, 1.165) is 29.9 Å². The van der Waals surface area contributed by atoms with Crippen LogP contribution in [0.2, 0.25) is 0 Å². The lowest BCUT2D eigenvalue weighted by molar-refractivity contribution is 0.795. The molecule has 0 saturated heterocycles. The van der Waals surface area contributed by atoms with Gasteiger partial charge in [-0.2, -0.15) is 0 Å². The zero-order valence-corrected chi connectivity index (χ0v) is 29.0. The molecular formula is C46H48N2. The molecule has 0 amide bonds. The summed E-state index contributed by atoms with van der Waals surface area (Å²) in [6.07, 6.45) is 7.00. The molecule has 0 unspecified atom stereocenters. The van der Waals surface area contributed by atoms with E-state index in [1.807, 2.05) is 0 Å². The summed E-state index contributed by atoms with van der Waals surface area (Å²) in [6.45, 7) is 8.81. The Morgan fingerprint density at radius 1 is 0.500 bits per heavy atom. The van der Waals surface area contributed by atoms with Crippen molar-refractivity contribution < 1.29 is 0 Å². The maximum absolute atomic E-state index is 3.82. The summed E-state index contributed by atoms with van der Waals surface area (Å²) in [5, 5.41) is 2.27. The van der Waals surface area contributed by atoms with Gasteiger partial charge < -0.3 is 0 Å². The number of hydrogen-bond donors (Lipinski definition) is 1. The first-order chi connectivity index (χ1) is 23.5. The molecular weight excluding hydrogens is 581 g/mol. The fourth-order valence-electron chi connectivity index (χ4n) is 6.47. The van der Waals surface area contributed by atoms with Crippen molar-refractivity contribution in [2.45, 2.75) is 66.2 Å². The molecule has 2 nitrogen and oxygen atoms in total. The average Bonchev–Trinajstić information content (AvgIpc) is 3.13. The van der Waals surface area contributed by atoms with Crippen molar-refractivity contribution in [2.75, 3.05) is 10.4 Å². The Morgan fingerprint density at radius 3 is 1.69 bits per heavy atom. The predicted molar refractivity (Wildman–Crippen MR) is 208 cm³/mol. The minimum atomic E-state index is 1.05. The van der Waals surface area contributed by atoms with Crippen LogP contribution in [0.1, 0.15) is 61.8 Å². The van der Waals surface area contributed by atoms with E-state index in [-0.39, 0.29) is 0 Å². The van der Waals surface area contributed by atoms with E-state index in [1.54, 1.807) is 0 Å². The maximum atomic E-state index is 3.82. The molecule has 0 saturated carbocycles. The summed E-state index contributed by atoms with van der Waals surface area (Å²) in [5.41, 5.74) is 19.6. The van der Waals surface area contributed by atoms with Gasteiger partial charge in [-0.1, -0.05) is 141 Å². The molecule has 6 aromatic carbocycles. The second kappa shape index (κ2) is 15.7. The minimum Gasteiger partial charge on any atom is -0.294 e. The van der Waals surface area contributed by atoms with Crippen LogP contribution < -0.4 is 10.4 Å². The molecule has 0 aliphatic heterocycles. The lowest BCUT2D eigenvalue weighted by Gasteiger charge is -2.31. The third-order valence-electron chi connectivity index (χ3n) is 9.18. The molecule has 1 N–H and O–H groups in total. The van der Waals surface area contributed by atoms with Crippen molar-refractivity contribution in [3.8, 4) is 33.4 Å². The van der Waals surface area contributed by atoms with Gasteiger partial charge in [-0.05, 0) is 114 Å². The van der Waals surface area contributed by atoms with Crippen LogP contribution in [0.3, 0.4) is 0 Å². The first kappa shape index (κ1) is 32.8. The summed E-state index contributed by atoms with van der Waals surface area (Å²) in [5.74, 6) is 0. The summed E-state index contributed by atoms with van der Waals surface area (Å²) in [4.78, 5) is 0. The van der Waals surface area contributed by atoms with Gasteiger partial charge in [-0.15, -0.1) is 0 Å². The van der Waals surface area contributed by atoms with Gasteiger partial charge in [0.05, 0.1) is 17.1 Å². The number of anilines is 3. The molecule has 2 heteroatoms. The molecule has 0 heterocycles. The molecule has 0 aliphatic rings. The summed E-state index contributed by atoms with van der Waals surface area (Å²) >= 11 is 0. The molecule has 0 atom stereocenters. The van der Waals surface area contributed by atoms with E-state index in [9.17, 15) is 0 Å². The molecule has 242 valence electrons. The minimum absolute atomic E-state index is 1.05. The largest absolute Gasteiger partial charge is 0.294 e. The topological polar surface area (TPSA) is 15.3 Å². The van der Waals surface area contributed by atoms with Crippen molar-refractivity contribution >= 4 is 17.1 Å². The Kier molecular flexibility index (Phi) is 10.7. The zero-order valence-electron chi connectivity index (χ0n) is 29.0. The number of nitrogens with zero attached hydrogens (tertiary/aromatic N) is 1. The third-order valence-corrected chi connectivity index (χ3v) is 9.18. The van der Waals surface area contributed by atoms with Crippen LogP contribution in [0.5, 0.6) is 0 Å². The number of benzene rings is 6. The van der Waals surface area contributed by atoms with Gasteiger partial charge in [-0.3, -0.25) is 10.4 Å². The van der Waals surface area contributed by atoms with E-state index in [0.29, 0.717) is 0 Å². The van der Waals surface area contributed by atoms with Crippen LogP contribution in [0.25, 0.3) is 33.4 Å². The van der Waals surface area contributed by atoms with Crippen LogP contribution in [-0.2, 0) is 12.8 Å². The van der Waals surface area contributed by atoms with Gasteiger partial charge in [0.2, 0.25) is 0 Å². The molecule has 0 aliphatic carbocycles. The molecule has 48 heavy (non-hydrogen) atoms. The molecule has 0 spiro atoms. The molecule has 0 radical (unpaired) electrons. The number of nitrogens with one attached hydrogen (secondary N) is 1. The monoisotopic (exact) mass is 628 g/mol. The normalized spacial score (nSPS) is 11.0. The first-order valence-corrected chi connectivity index (χ1v) is 17.6. The Labute approximate surface area is 288 Å². The first-order valence-electron chi connectivity index (χ1n) is 17.6. The standard InChI is InChI=1S/C46H48N2/c1-5-7-14-36-21-25-39(26-22-36)45-43(38-16-10-9-11-17-38)31-32-44(46(45)40-27-23-37(24-28-40)15-8-6-2)48(42-29-19-34(3)20-30-42)47-41-18-12-13-35(4)33-41/h9-13,16-33,47H,5-8,14-15H2,1-4H3. The molecule has 0 bridgehead atoms. The summed E-state index contributed by atoms with van der Waals surface area (Å²) in [6, 6.07) is 51.5. The highest BCUT2D eigenvalue weighted by molar-refractivity contribution is 6.01. The lowest BCUT2D eigenvalue weighted by Crippen LogP contribution is -2.25. The molecule has 6 aromatic rings. The quantitative estimate of drug-likeness (QED) is 0.128.